The summed E-state index contributed by atoms with van der Waals surface area (Å²) < 4.78 is 15.4. The third-order valence-corrected chi connectivity index (χ3v) is 5.13. The minimum atomic E-state index is -0.570. The first-order chi connectivity index (χ1) is 10.0. The maximum Gasteiger partial charge on any atom is 0.340 e. The predicted molar refractivity (Wildman–Crippen MR) is 81.7 cm³/mol. The van der Waals surface area contributed by atoms with Crippen molar-refractivity contribution < 1.29 is 9.31 Å². The van der Waals surface area contributed by atoms with Crippen molar-refractivity contribution in [2.45, 2.75) is 0 Å². The molecule has 0 aliphatic rings. The average Bonchev–Trinajstić information content (AvgIpc) is 2.78. The zero-order valence-electron chi connectivity index (χ0n) is 10.2. The molecule has 21 heavy (non-hydrogen) atoms. The maximum absolute atomic E-state index is 13.9. The molecule has 0 spiro atoms. The van der Waals surface area contributed by atoms with Crippen LogP contribution in [0.2, 0.25) is 0 Å². The number of hydrogen-bond donors (Lipinski definition) is 0. The van der Waals surface area contributed by atoms with Crippen molar-refractivity contribution in [2.75, 3.05) is 0 Å². The number of halogens is 2. The molecule has 0 aliphatic carbocycles. The van der Waals surface area contributed by atoms with E-state index < -0.39 is 16.3 Å². The van der Waals surface area contributed by atoms with Crippen LogP contribution in [-0.4, -0.2) is 9.49 Å². The van der Waals surface area contributed by atoms with Gasteiger partial charge in [-0.3, -0.25) is 19.5 Å². The minimum Gasteiger partial charge on any atom is -0.269 e. The van der Waals surface area contributed by atoms with E-state index in [-0.39, 0.29) is 15.2 Å². The lowest BCUT2D eigenvalue weighted by molar-refractivity contribution is -0.380. The van der Waals surface area contributed by atoms with Gasteiger partial charge in [0.15, 0.2) is 0 Å². The highest BCUT2D eigenvalue weighted by Gasteiger charge is 2.23. The van der Waals surface area contributed by atoms with Gasteiger partial charge in [0.1, 0.15) is 15.1 Å². The van der Waals surface area contributed by atoms with Crippen LogP contribution in [0.5, 0.6) is 0 Å². The van der Waals surface area contributed by atoms with Crippen LogP contribution in [0.3, 0.4) is 0 Å². The van der Waals surface area contributed by atoms with Gasteiger partial charge in [-0.25, -0.2) is 4.39 Å². The molecule has 0 unspecified atom stereocenters. The van der Waals surface area contributed by atoms with Crippen molar-refractivity contribution in [2.24, 2.45) is 0 Å². The minimum absolute atomic E-state index is 0.0664. The SMILES string of the molecule is O=c1ccc2c(Br)c([N+](=O)[O-])sc2n1-c1ccccc1F. The number of aromatic nitrogens is 1. The Bertz CT molecular complexity index is 935. The molecule has 0 fully saturated rings. The first-order valence-corrected chi connectivity index (χ1v) is 7.35. The van der Waals surface area contributed by atoms with Crippen molar-refractivity contribution in [1.82, 2.24) is 4.57 Å². The lowest BCUT2D eigenvalue weighted by atomic mass is 10.2. The van der Waals surface area contributed by atoms with Gasteiger partial charge in [0.2, 0.25) is 0 Å². The molecule has 3 aromatic rings. The molecule has 2 heterocycles. The molecule has 0 atom stereocenters. The monoisotopic (exact) mass is 368 g/mol. The molecule has 3 rings (SSSR count). The number of fused-ring (bicyclic) bond motifs is 1. The quantitative estimate of drug-likeness (QED) is 0.509. The van der Waals surface area contributed by atoms with Crippen LogP contribution >= 0.6 is 27.3 Å². The fourth-order valence-electron chi connectivity index (χ4n) is 2.02. The Morgan fingerprint density at radius 3 is 2.62 bits per heavy atom. The van der Waals surface area contributed by atoms with Crippen LogP contribution in [-0.2, 0) is 0 Å². The van der Waals surface area contributed by atoms with Crippen LogP contribution in [0.25, 0.3) is 15.9 Å². The Balaban J connectivity index is 2.45. The molecule has 5 nitrogen and oxygen atoms in total. The second-order valence-corrected chi connectivity index (χ2v) is 5.93. The largest absolute Gasteiger partial charge is 0.340 e. The maximum atomic E-state index is 13.9. The normalized spacial score (nSPS) is 11.0. The van der Waals surface area contributed by atoms with E-state index in [2.05, 4.69) is 15.9 Å². The molecule has 2 aromatic heterocycles. The molecule has 0 saturated carbocycles. The third kappa shape index (κ3) is 2.16. The highest BCUT2D eigenvalue weighted by atomic mass is 79.9. The molecular weight excluding hydrogens is 363 g/mol. The van der Waals surface area contributed by atoms with Crippen LogP contribution in [0.1, 0.15) is 0 Å². The second-order valence-electron chi connectivity index (χ2n) is 4.16. The van der Waals surface area contributed by atoms with Gasteiger partial charge >= 0.3 is 5.00 Å². The number of nitro groups is 1. The fourth-order valence-corrected chi connectivity index (χ4v) is 3.87. The number of rotatable bonds is 2. The van der Waals surface area contributed by atoms with E-state index in [9.17, 15) is 19.3 Å². The molecular formula is C13H6BrFN2O3S. The van der Waals surface area contributed by atoms with Crippen LogP contribution in [0, 0.1) is 15.9 Å². The number of hydrogen-bond acceptors (Lipinski definition) is 4. The summed E-state index contributed by atoms with van der Waals surface area (Å²) >= 11 is 3.99. The Kier molecular flexibility index (Phi) is 3.34. The molecule has 8 heteroatoms. The number of nitrogens with zero attached hydrogens (tertiary/aromatic N) is 2. The van der Waals surface area contributed by atoms with Gasteiger partial charge in [0, 0.05) is 11.5 Å². The van der Waals surface area contributed by atoms with Crippen molar-refractivity contribution in [3.05, 3.63) is 67.2 Å². The Morgan fingerprint density at radius 1 is 1.24 bits per heavy atom. The van der Waals surface area contributed by atoms with E-state index in [1.165, 1.54) is 30.3 Å². The summed E-state index contributed by atoms with van der Waals surface area (Å²) in [7, 11) is 0. The Labute approximate surface area is 129 Å². The zero-order chi connectivity index (χ0) is 15.1. The summed E-state index contributed by atoms with van der Waals surface area (Å²) in [6.45, 7) is 0. The van der Waals surface area contributed by atoms with Crippen molar-refractivity contribution in [1.29, 1.82) is 0 Å². The molecule has 0 radical (unpaired) electrons. The van der Waals surface area contributed by atoms with Crippen LogP contribution < -0.4 is 5.56 Å². The average molecular weight is 369 g/mol. The smallest absolute Gasteiger partial charge is 0.269 e. The van der Waals surface area contributed by atoms with Crippen molar-refractivity contribution in [3.8, 4) is 5.69 Å². The van der Waals surface area contributed by atoms with E-state index >= 15 is 0 Å². The van der Waals surface area contributed by atoms with Crippen LogP contribution in [0.4, 0.5) is 9.39 Å². The van der Waals surface area contributed by atoms with Gasteiger partial charge in [0.25, 0.3) is 5.56 Å². The summed E-state index contributed by atoms with van der Waals surface area (Å²) in [6.07, 6.45) is 0. The van der Waals surface area contributed by atoms with Crippen molar-refractivity contribution >= 4 is 42.5 Å². The number of thiophene rings is 1. The predicted octanol–water partition coefficient (Wildman–Crippen LogP) is 3.86. The first-order valence-electron chi connectivity index (χ1n) is 5.74. The number of benzene rings is 1. The van der Waals surface area contributed by atoms with E-state index in [0.29, 0.717) is 10.2 Å². The standard InChI is InChI=1S/C13H6BrFN2O3S/c14-11-7-5-6-10(18)16(9-4-2-1-3-8(9)15)12(7)21-13(11)17(19)20/h1-6H. The molecule has 0 bridgehead atoms. The lowest BCUT2D eigenvalue weighted by Crippen LogP contribution is -2.17. The number of para-hydroxylation sites is 1. The van der Waals surface area contributed by atoms with Gasteiger partial charge in [-0.05, 0) is 45.5 Å². The summed E-state index contributed by atoms with van der Waals surface area (Å²) in [5.41, 5.74) is -0.381. The van der Waals surface area contributed by atoms with E-state index in [4.69, 9.17) is 0 Å². The molecule has 0 saturated heterocycles. The van der Waals surface area contributed by atoms with Gasteiger partial charge in [0.05, 0.1) is 10.6 Å². The molecule has 0 aliphatic heterocycles. The molecule has 1 aromatic carbocycles. The lowest BCUT2D eigenvalue weighted by Gasteiger charge is -2.07. The first kappa shape index (κ1) is 13.9. The van der Waals surface area contributed by atoms with Gasteiger partial charge in [-0.15, -0.1) is 0 Å². The van der Waals surface area contributed by atoms with Gasteiger partial charge < -0.3 is 0 Å². The van der Waals surface area contributed by atoms with Crippen LogP contribution in [0.15, 0.2) is 45.7 Å². The molecule has 106 valence electrons. The topological polar surface area (TPSA) is 65.1 Å². The number of pyridine rings is 1. The van der Waals surface area contributed by atoms with Gasteiger partial charge in [-0.1, -0.05) is 12.1 Å². The van der Waals surface area contributed by atoms with E-state index in [0.717, 1.165) is 15.9 Å². The highest BCUT2D eigenvalue weighted by Crippen LogP contribution is 2.41. The summed E-state index contributed by atoms with van der Waals surface area (Å²) in [5, 5.41) is 11.4. The highest BCUT2D eigenvalue weighted by molar-refractivity contribution is 9.10. The van der Waals surface area contributed by atoms with E-state index in [1.807, 2.05) is 0 Å². The molecule has 0 N–H and O–H groups in total. The van der Waals surface area contributed by atoms with E-state index in [1.54, 1.807) is 6.07 Å². The molecule has 0 amide bonds. The van der Waals surface area contributed by atoms with Gasteiger partial charge in [-0.2, -0.15) is 0 Å². The Hall–Kier alpha value is -2.06. The Morgan fingerprint density at radius 2 is 1.95 bits per heavy atom. The fraction of sp³-hybridized carbons (Fsp3) is 0. The summed E-state index contributed by atoms with van der Waals surface area (Å²) in [5.74, 6) is -0.570. The summed E-state index contributed by atoms with van der Waals surface area (Å²) in [6, 6.07) is 8.55. The van der Waals surface area contributed by atoms with Crippen molar-refractivity contribution in [3.63, 3.8) is 0 Å². The summed E-state index contributed by atoms with van der Waals surface area (Å²) in [4.78, 5) is 22.9. The zero-order valence-corrected chi connectivity index (χ0v) is 12.6. The third-order valence-electron chi connectivity index (χ3n) is 2.92. The second kappa shape index (κ2) is 5.05.